The third-order valence-electron chi connectivity index (χ3n) is 4.23. The fourth-order valence-electron chi connectivity index (χ4n) is 3.27. The highest BCUT2D eigenvalue weighted by atomic mass is 14.9. The van der Waals surface area contributed by atoms with E-state index in [0.29, 0.717) is 0 Å². The van der Waals surface area contributed by atoms with Crippen molar-refractivity contribution in [2.24, 2.45) is 0 Å². The maximum Gasteiger partial charge on any atom is 0.104 e. The van der Waals surface area contributed by atoms with Crippen LogP contribution in [-0.2, 0) is 0 Å². The van der Waals surface area contributed by atoms with Gasteiger partial charge in [0.2, 0.25) is 0 Å². The maximum atomic E-state index is 4.52. The molecule has 0 saturated heterocycles. The summed E-state index contributed by atoms with van der Waals surface area (Å²) in [6, 6.07) is 13.1. The molecule has 0 atom stereocenters. The number of hydrogen-bond donors (Lipinski definition) is 2. The molecular weight excluding hydrogens is 272 g/mol. The van der Waals surface area contributed by atoms with Crippen LogP contribution in [0.4, 0.5) is 0 Å². The molecule has 5 aromatic rings. The Morgan fingerprint density at radius 1 is 0.591 bits per heavy atom. The normalized spacial score (nSPS) is 12.1. The Kier molecular flexibility index (Phi) is 2.06. The van der Waals surface area contributed by atoms with Gasteiger partial charge in [-0.15, -0.1) is 0 Å². The number of H-pyrrole nitrogens is 2. The van der Waals surface area contributed by atoms with E-state index in [1.807, 2.05) is 13.8 Å². The van der Waals surface area contributed by atoms with Crippen molar-refractivity contribution in [3.63, 3.8) is 0 Å². The van der Waals surface area contributed by atoms with Gasteiger partial charge in [0.25, 0.3) is 0 Å². The van der Waals surface area contributed by atoms with Crippen LogP contribution < -0.4 is 0 Å². The molecule has 5 rings (SSSR count). The number of imidazole rings is 2. The van der Waals surface area contributed by atoms with Gasteiger partial charge in [-0.3, -0.25) is 0 Å². The molecule has 0 fully saturated rings. The van der Waals surface area contributed by atoms with Crippen LogP contribution in [-0.4, -0.2) is 19.9 Å². The van der Waals surface area contributed by atoms with E-state index in [-0.39, 0.29) is 0 Å². The fourth-order valence-corrected chi connectivity index (χ4v) is 3.27. The van der Waals surface area contributed by atoms with Crippen molar-refractivity contribution in [3.8, 4) is 0 Å². The lowest BCUT2D eigenvalue weighted by molar-refractivity contribution is 1.17. The molecule has 0 amide bonds. The number of fused-ring (bicyclic) bond motifs is 4. The number of benzene rings is 3. The number of aryl methyl sites for hydroxylation is 2. The van der Waals surface area contributed by atoms with E-state index in [0.717, 1.165) is 33.7 Å². The molecule has 3 aromatic carbocycles. The molecule has 4 heteroatoms. The van der Waals surface area contributed by atoms with Gasteiger partial charge < -0.3 is 9.97 Å². The van der Waals surface area contributed by atoms with Crippen LogP contribution in [0.15, 0.2) is 36.4 Å². The van der Waals surface area contributed by atoms with Crippen molar-refractivity contribution >= 4 is 43.6 Å². The van der Waals surface area contributed by atoms with Crippen LogP contribution in [0.1, 0.15) is 11.6 Å². The Hall–Kier alpha value is -2.88. The summed E-state index contributed by atoms with van der Waals surface area (Å²) in [6.07, 6.45) is 0. The minimum absolute atomic E-state index is 0.947. The zero-order valence-electron chi connectivity index (χ0n) is 12.4. The van der Waals surface area contributed by atoms with Crippen molar-refractivity contribution in [3.05, 3.63) is 48.0 Å². The van der Waals surface area contributed by atoms with Gasteiger partial charge in [-0.2, -0.15) is 0 Å². The predicted molar refractivity (Wildman–Crippen MR) is 90.2 cm³/mol. The summed E-state index contributed by atoms with van der Waals surface area (Å²) < 4.78 is 0. The third kappa shape index (κ3) is 1.58. The molecule has 0 aliphatic heterocycles. The summed E-state index contributed by atoms with van der Waals surface area (Å²) in [7, 11) is 0. The average molecular weight is 286 g/mol. The van der Waals surface area contributed by atoms with Crippen molar-refractivity contribution in [2.45, 2.75) is 13.8 Å². The van der Waals surface area contributed by atoms with Gasteiger partial charge in [0, 0.05) is 0 Å². The first-order valence-corrected chi connectivity index (χ1v) is 7.36. The molecule has 0 aliphatic rings. The lowest BCUT2D eigenvalue weighted by Crippen LogP contribution is -1.79. The van der Waals surface area contributed by atoms with Crippen LogP contribution in [0, 0.1) is 13.8 Å². The predicted octanol–water partition coefficient (Wildman–Crippen LogP) is 4.36. The zero-order chi connectivity index (χ0) is 14.8. The average Bonchev–Trinajstić information content (AvgIpc) is 2.99. The molecule has 2 aromatic heterocycles. The number of aromatic nitrogens is 4. The van der Waals surface area contributed by atoms with Gasteiger partial charge in [0.1, 0.15) is 11.6 Å². The Labute approximate surface area is 126 Å². The van der Waals surface area contributed by atoms with Crippen LogP contribution in [0.25, 0.3) is 43.6 Å². The first kappa shape index (κ1) is 11.7. The Bertz CT molecular complexity index is 1010. The van der Waals surface area contributed by atoms with E-state index < -0.39 is 0 Å². The Morgan fingerprint density at radius 3 is 1.45 bits per heavy atom. The van der Waals surface area contributed by atoms with E-state index in [9.17, 15) is 0 Å². The number of nitrogens with zero attached hydrogens (tertiary/aromatic N) is 2. The summed E-state index contributed by atoms with van der Waals surface area (Å²) in [4.78, 5) is 15.7. The Balaban J connectivity index is 1.92. The van der Waals surface area contributed by atoms with E-state index in [1.165, 1.54) is 21.5 Å². The first-order valence-electron chi connectivity index (χ1n) is 7.36. The lowest BCUT2D eigenvalue weighted by atomic mass is 10.0. The minimum Gasteiger partial charge on any atom is -0.342 e. The van der Waals surface area contributed by atoms with Gasteiger partial charge in [0.15, 0.2) is 0 Å². The SMILES string of the molecule is Cc1nc2cc3cc4cc5nc(C)[nH]c5cc4cc3cc2[nH]1. The molecule has 2 N–H and O–H groups in total. The standard InChI is InChI=1S/C18H14N4/c1-9-19-15-5-11-3-13-7-17-18(22-10(2)21-17)8-14(13)4-12(11)6-16(15)20-9/h3-8H,1-2H3,(H,19,20)(H,21,22). The number of hydrogen-bond acceptors (Lipinski definition) is 2. The summed E-state index contributed by atoms with van der Waals surface area (Å²) in [6.45, 7) is 3.97. The second-order valence-electron chi connectivity index (χ2n) is 5.93. The molecule has 22 heavy (non-hydrogen) atoms. The van der Waals surface area contributed by atoms with Crippen molar-refractivity contribution in [1.82, 2.24) is 19.9 Å². The summed E-state index contributed by atoms with van der Waals surface area (Å²) >= 11 is 0. The highest BCUT2D eigenvalue weighted by Crippen LogP contribution is 2.28. The summed E-state index contributed by atoms with van der Waals surface area (Å²) in [5.41, 5.74) is 4.20. The number of aromatic amines is 2. The van der Waals surface area contributed by atoms with Crippen LogP contribution in [0.5, 0.6) is 0 Å². The summed E-state index contributed by atoms with van der Waals surface area (Å²) in [5, 5.41) is 4.86. The van der Waals surface area contributed by atoms with Gasteiger partial charge >= 0.3 is 0 Å². The molecular formula is C18H14N4. The third-order valence-corrected chi connectivity index (χ3v) is 4.23. The molecule has 0 aliphatic carbocycles. The second-order valence-corrected chi connectivity index (χ2v) is 5.93. The fraction of sp³-hybridized carbons (Fsp3) is 0.111. The van der Waals surface area contributed by atoms with E-state index in [1.54, 1.807) is 0 Å². The molecule has 0 spiro atoms. The molecule has 4 nitrogen and oxygen atoms in total. The highest BCUT2D eigenvalue weighted by molar-refractivity contribution is 6.06. The largest absolute Gasteiger partial charge is 0.342 e. The zero-order valence-corrected chi connectivity index (χ0v) is 12.4. The van der Waals surface area contributed by atoms with Gasteiger partial charge in [0.05, 0.1) is 22.1 Å². The van der Waals surface area contributed by atoms with Gasteiger partial charge in [-0.25, -0.2) is 9.97 Å². The number of rotatable bonds is 0. The minimum atomic E-state index is 0.947. The van der Waals surface area contributed by atoms with Crippen LogP contribution >= 0.6 is 0 Å². The smallest absolute Gasteiger partial charge is 0.104 e. The Morgan fingerprint density at radius 2 is 1.00 bits per heavy atom. The molecule has 0 saturated carbocycles. The maximum absolute atomic E-state index is 4.52. The molecule has 2 heterocycles. The van der Waals surface area contributed by atoms with Crippen molar-refractivity contribution in [2.75, 3.05) is 0 Å². The summed E-state index contributed by atoms with van der Waals surface area (Å²) in [5.74, 6) is 1.89. The van der Waals surface area contributed by atoms with E-state index in [2.05, 4.69) is 56.3 Å². The van der Waals surface area contributed by atoms with Crippen molar-refractivity contribution in [1.29, 1.82) is 0 Å². The molecule has 0 unspecified atom stereocenters. The van der Waals surface area contributed by atoms with E-state index in [4.69, 9.17) is 0 Å². The van der Waals surface area contributed by atoms with Gasteiger partial charge in [-0.05, 0) is 71.8 Å². The molecule has 106 valence electrons. The van der Waals surface area contributed by atoms with Gasteiger partial charge in [-0.1, -0.05) is 0 Å². The highest BCUT2D eigenvalue weighted by Gasteiger charge is 2.06. The second kappa shape index (κ2) is 3.85. The molecule has 0 radical (unpaired) electrons. The number of nitrogens with one attached hydrogen (secondary N) is 2. The first-order chi connectivity index (χ1) is 10.7. The quantitative estimate of drug-likeness (QED) is 0.415. The van der Waals surface area contributed by atoms with Crippen LogP contribution in [0.2, 0.25) is 0 Å². The monoisotopic (exact) mass is 286 g/mol. The molecule has 0 bridgehead atoms. The van der Waals surface area contributed by atoms with Crippen LogP contribution in [0.3, 0.4) is 0 Å². The lowest BCUT2D eigenvalue weighted by Gasteiger charge is -2.03. The topological polar surface area (TPSA) is 57.4 Å². The van der Waals surface area contributed by atoms with E-state index >= 15 is 0 Å². The van der Waals surface area contributed by atoms with Crippen molar-refractivity contribution < 1.29 is 0 Å².